The maximum Gasteiger partial charge on any atom is 0.460 e. The molecule has 1 fully saturated rings. The summed E-state index contributed by atoms with van der Waals surface area (Å²) in [5.41, 5.74) is 0. The fraction of sp³-hybridized carbons (Fsp3) is 0.368. The zero-order valence-corrected chi connectivity index (χ0v) is 37.2. The zero-order valence-electron chi connectivity index (χ0n) is 32.2. The molecule has 3 rings (SSSR count). The maximum absolute atomic E-state index is 14.0. The van der Waals surface area contributed by atoms with Crippen LogP contribution in [0.15, 0.2) is 48.5 Å². The lowest BCUT2D eigenvalue weighted by Gasteiger charge is -2.40. The quantitative estimate of drug-likeness (QED) is 0.0675. The van der Waals surface area contributed by atoms with Gasteiger partial charge < -0.3 is 9.47 Å². The van der Waals surface area contributed by atoms with Crippen LogP contribution in [0.5, 0.6) is 11.5 Å². The van der Waals surface area contributed by atoms with Gasteiger partial charge in [0.25, 0.3) is 0 Å². The molecule has 0 spiro atoms. The predicted octanol–water partition coefficient (Wildman–Crippen LogP) is 14.0. The molecule has 0 radical (unpaired) electrons. The molecule has 362 valence electrons. The second-order valence-electron chi connectivity index (χ2n) is 11.6. The largest absolute Gasteiger partial charge is 0.494 e. The summed E-state index contributed by atoms with van der Waals surface area (Å²) in [6, 6.07) is 13.5. The monoisotopic (exact) mass is 1080 g/mol. The van der Waals surface area contributed by atoms with Crippen LogP contribution < -0.4 is 20.1 Å². The van der Waals surface area contributed by atoms with Gasteiger partial charge in [0.1, 0.15) is 54.7 Å². The molecule has 0 atom stereocenters. The molecule has 1 heterocycles. The summed E-state index contributed by atoms with van der Waals surface area (Å²) in [7, 11) is 0. The molecule has 1 aliphatic heterocycles. The molecule has 0 amide bonds. The lowest BCUT2D eigenvalue weighted by Crippen LogP contribution is -2.70. The summed E-state index contributed by atoms with van der Waals surface area (Å²) in [5.74, 6) is -27.5. The van der Waals surface area contributed by atoms with E-state index in [1.165, 1.54) is 40.3 Å². The van der Waals surface area contributed by atoms with Gasteiger partial charge in [0.2, 0.25) is 0 Å². The van der Waals surface area contributed by atoms with Crippen molar-refractivity contribution in [1.29, 1.82) is 0 Å². The Kier molecular flexibility index (Phi) is 26.6. The summed E-state index contributed by atoms with van der Waals surface area (Å²) >= 11 is 14.8. The van der Waals surface area contributed by atoms with E-state index < -0.39 is 70.5 Å². The third-order valence-electron chi connectivity index (χ3n) is 7.27. The van der Waals surface area contributed by atoms with E-state index in [-0.39, 0.29) is 5.75 Å². The highest BCUT2D eigenvalue weighted by atomic mass is 33.7. The predicted molar refractivity (Wildman–Crippen MR) is 220 cm³/mol. The molecule has 1 aliphatic rings. The van der Waals surface area contributed by atoms with Gasteiger partial charge in [-0.15, -0.1) is 30.7 Å². The average Bonchev–Trinajstić information content (AvgIpc) is 3.25. The van der Waals surface area contributed by atoms with E-state index in [0.717, 1.165) is 35.3 Å². The van der Waals surface area contributed by atoms with Gasteiger partial charge in [-0.25, -0.2) is 0 Å². The number of unbranched alkanes of at least 4 members (excludes halogenated alkanes) is 3. The van der Waals surface area contributed by atoms with Crippen molar-refractivity contribution in [2.45, 2.75) is 74.3 Å². The standard InChI is InChI=1S/C28H24F14O2P2S4.2C4F2.C2F2/c29-16-4-1-2-5-17-43-19-7-11-21(12-8-19)45(47)49-46(48,50-45)22-13-9-20(10-14-22)44-18-6-3-15-23(30,31)24(32,33)25(34,35)26(36,37)27(38,39)28(40,41)42;2*5-3-1-2-4-6;3-1-2-4/h7-14H,1-3,5-6,15,17-18H2;;;. The third kappa shape index (κ3) is 17.6. The van der Waals surface area contributed by atoms with E-state index in [0.29, 0.717) is 44.0 Å². The Morgan fingerprint density at radius 3 is 1.11 bits per heavy atom. The van der Waals surface area contributed by atoms with Gasteiger partial charge >= 0.3 is 35.8 Å². The smallest absolute Gasteiger partial charge is 0.460 e. The van der Waals surface area contributed by atoms with Gasteiger partial charge in [-0.1, -0.05) is 51.5 Å². The first-order valence-electron chi connectivity index (χ1n) is 16.9. The number of benzene rings is 2. The maximum atomic E-state index is 14.0. The molecular weight excluding hydrogens is 1060 g/mol. The third-order valence-corrected chi connectivity index (χ3v) is 38.5. The zero-order chi connectivity index (χ0) is 50.9. The minimum atomic E-state index is -7.91. The minimum absolute atomic E-state index is 0.161. The van der Waals surface area contributed by atoms with Crippen molar-refractivity contribution in [3.05, 3.63) is 48.5 Å². The molecule has 0 bridgehead atoms. The fourth-order valence-corrected chi connectivity index (χ4v) is 46.4. The Labute approximate surface area is 381 Å². The van der Waals surface area contributed by atoms with Crippen LogP contribution in [0.1, 0.15) is 38.5 Å². The van der Waals surface area contributed by atoms with Crippen molar-refractivity contribution < 1.29 is 97.3 Å². The molecule has 2 nitrogen and oxygen atoms in total. The van der Waals surface area contributed by atoms with Crippen LogP contribution in [0.2, 0.25) is 0 Å². The molecule has 0 N–H and O–H groups in total. The Hall–Kier alpha value is -4.00. The van der Waals surface area contributed by atoms with Crippen molar-refractivity contribution >= 4 is 65.1 Å². The first-order chi connectivity index (χ1) is 30.6. The van der Waals surface area contributed by atoms with E-state index >= 15 is 0 Å². The molecule has 0 unspecified atom stereocenters. The van der Waals surface area contributed by atoms with Crippen molar-refractivity contribution in [2.24, 2.45) is 0 Å². The molecule has 1 saturated heterocycles. The highest BCUT2D eigenvalue weighted by molar-refractivity contribution is 9.48. The van der Waals surface area contributed by atoms with E-state index in [1.807, 2.05) is 12.1 Å². The van der Waals surface area contributed by atoms with Crippen LogP contribution >= 0.6 is 30.9 Å². The van der Waals surface area contributed by atoms with E-state index in [1.54, 1.807) is 47.9 Å². The average molecular weight is 1080 g/mol. The van der Waals surface area contributed by atoms with Crippen LogP contribution in [0.25, 0.3) is 0 Å². The summed E-state index contributed by atoms with van der Waals surface area (Å²) in [5, 5.41) is 1.69. The fourth-order valence-electron chi connectivity index (χ4n) is 4.17. The Bertz CT molecular complexity index is 2250. The van der Waals surface area contributed by atoms with Gasteiger partial charge in [0, 0.05) is 47.1 Å². The molecule has 2 aromatic carbocycles. The highest BCUT2D eigenvalue weighted by Crippen LogP contribution is 3.04. The second-order valence-corrected chi connectivity index (χ2v) is 32.9. The van der Waals surface area contributed by atoms with Crippen molar-refractivity contribution in [3.63, 3.8) is 0 Å². The number of rotatable bonds is 17. The van der Waals surface area contributed by atoms with Crippen LogP contribution in [0.3, 0.4) is 0 Å². The number of halogens is 20. The van der Waals surface area contributed by atoms with Crippen LogP contribution in [-0.4, -0.2) is 49.0 Å². The van der Waals surface area contributed by atoms with Crippen LogP contribution in [0.4, 0.5) is 87.8 Å². The van der Waals surface area contributed by atoms with E-state index in [4.69, 9.17) is 33.1 Å². The first-order valence-corrected chi connectivity index (χ1v) is 26.6. The number of alkyl halides is 13. The summed E-state index contributed by atoms with van der Waals surface area (Å²) in [6.07, 6.45) is -3.50. The summed E-state index contributed by atoms with van der Waals surface area (Å²) < 4.78 is 253. The second kappa shape index (κ2) is 28.4. The van der Waals surface area contributed by atoms with Crippen LogP contribution in [-0.2, 0) is 23.6 Å². The molecule has 0 saturated carbocycles. The Balaban J connectivity index is 0.00000225. The normalized spacial score (nSPS) is 16.4. The number of ether oxygens (including phenoxy) is 2. The highest BCUT2D eigenvalue weighted by Gasteiger charge is 2.90. The molecular formula is C38H24F20O2P2S4. The number of hydrogen-bond acceptors (Lipinski definition) is 6. The number of hydrogen-bond donors (Lipinski definition) is 0. The lowest BCUT2D eigenvalue weighted by molar-refractivity contribution is -0.440. The molecule has 0 aromatic heterocycles. The lowest BCUT2D eigenvalue weighted by atomic mass is 9.92. The van der Waals surface area contributed by atoms with E-state index in [2.05, 4.69) is 5.92 Å². The van der Waals surface area contributed by atoms with Gasteiger partial charge in [-0.3, -0.25) is 0 Å². The van der Waals surface area contributed by atoms with Gasteiger partial charge in [-0.05, 0) is 74.2 Å². The van der Waals surface area contributed by atoms with Gasteiger partial charge in [0.15, 0.2) is 0 Å². The first kappa shape index (κ1) is 62.0. The molecule has 0 aliphatic carbocycles. The van der Waals surface area contributed by atoms with Gasteiger partial charge in [0.05, 0.1) is 22.1 Å². The van der Waals surface area contributed by atoms with E-state index in [9.17, 15) is 87.8 Å². The molecule has 66 heavy (non-hydrogen) atoms. The van der Waals surface area contributed by atoms with Crippen molar-refractivity contribution in [1.82, 2.24) is 0 Å². The Morgan fingerprint density at radius 1 is 0.439 bits per heavy atom. The summed E-state index contributed by atoms with van der Waals surface area (Å²) in [4.78, 5) is 0. The molecule has 28 heteroatoms. The van der Waals surface area contributed by atoms with Crippen molar-refractivity contribution in [3.8, 4) is 84.3 Å². The molecule has 2 aromatic rings. The topological polar surface area (TPSA) is 18.5 Å². The SMILES string of the molecule is FC#CC#CF.FC#CC#CF.FC#CCCCCOc1ccc(P2(=S)SP(=S)(c3ccc(OCCCCC(F)(F)C(F)(F)C(F)(F)C(F)(F)C(F)(F)C(F)(F)F)cc3)S2)cc1.FC#CF. The summed E-state index contributed by atoms with van der Waals surface area (Å²) in [6.45, 7) is -0.0278. The van der Waals surface area contributed by atoms with Crippen molar-refractivity contribution in [2.75, 3.05) is 13.2 Å². The van der Waals surface area contributed by atoms with Gasteiger partial charge in [-0.2, -0.15) is 57.1 Å². The van der Waals surface area contributed by atoms with Crippen LogP contribution in [0, 0.1) is 72.8 Å². The Morgan fingerprint density at radius 2 is 0.788 bits per heavy atom. The minimum Gasteiger partial charge on any atom is -0.494 e.